The third-order valence-electron chi connectivity index (χ3n) is 4.28. The van der Waals surface area contributed by atoms with E-state index in [-0.39, 0.29) is 12.6 Å². The maximum absolute atomic E-state index is 9.86. The zero-order valence-corrected chi connectivity index (χ0v) is 13.9. The smallest absolute Gasteiger partial charge is 0.245 e. The predicted molar refractivity (Wildman–Crippen MR) is 93.3 cm³/mol. The second kappa shape index (κ2) is 6.97. The Morgan fingerprint density at radius 2 is 1.70 bits per heavy atom. The van der Waals surface area contributed by atoms with E-state index >= 15 is 0 Å². The minimum atomic E-state index is 0.122. The molecule has 0 radical (unpaired) electrons. The number of benzene rings is 2. The van der Waals surface area contributed by atoms with Crippen molar-refractivity contribution >= 4 is 11.0 Å². The first-order valence-corrected chi connectivity index (χ1v) is 8.33. The van der Waals surface area contributed by atoms with Crippen molar-refractivity contribution < 1.29 is 9.67 Å². The SMILES string of the molecule is CC(C)C[C@H](CO)n1c[n+](Cc2ccccc2)c2ccccc21. The van der Waals surface area contributed by atoms with E-state index in [2.05, 4.69) is 77.8 Å². The maximum atomic E-state index is 9.86. The number of nitrogens with zero attached hydrogens (tertiary/aromatic N) is 2. The zero-order chi connectivity index (χ0) is 16.2. The summed E-state index contributed by atoms with van der Waals surface area (Å²) >= 11 is 0. The van der Waals surface area contributed by atoms with Gasteiger partial charge in [-0.25, -0.2) is 9.13 Å². The number of aliphatic hydroxyl groups is 1. The van der Waals surface area contributed by atoms with Crippen LogP contribution in [0, 0.1) is 5.92 Å². The lowest BCUT2D eigenvalue weighted by atomic mass is 10.0. The Kier molecular flexibility index (Phi) is 4.77. The Bertz CT molecular complexity index is 762. The molecule has 0 aliphatic rings. The molecule has 1 heterocycles. The summed E-state index contributed by atoms with van der Waals surface area (Å²) in [6.45, 7) is 5.41. The van der Waals surface area contributed by atoms with Crippen LogP contribution >= 0.6 is 0 Å². The highest BCUT2D eigenvalue weighted by atomic mass is 16.3. The number of fused-ring (bicyclic) bond motifs is 1. The molecular weight excluding hydrogens is 284 g/mol. The number of hydrogen-bond acceptors (Lipinski definition) is 1. The second-order valence-electron chi connectivity index (χ2n) is 6.59. The van der Waals surface area contributed by atoms with E-state index in [0.717, 1.165) is 13.0 Å². The Labute approximate surface area is 137 Å². The normalized spacial score (nSPS) is 12.9. The van der Waals surface area contributed by atoms with Gasteiger partial charge in [0.15, 0.2) is 11.0 Å². The third kappa shape index (κ3) is 3.45. The van der Waals surface area contributed by atoms with Gasteiger partial charge in [-0.3, -0.25) is 0 Å². The molecule has 3 rings (SSSR count). The highest BCUT2D eigenvalue weighted by Crippen LogP contribution is 2.22. The highest BCUT2D eigenvalue weighted by molar-refractivity contribution is 5.71. The number of aromatic nitrogens is 2. The van der Waals surface area contributed by atoms with Crippen LogP contribution < -0.4 is 4.57 Å². The summed E-state index contributed by atoms with van der Waals surface area (Å²) in [6.07, 6.45) is 3.13. The van der Waals surface area contributed by atoms with E-state index < -0.39 is 0 Å². The molecule has 2 aromatic carbocycles. The Hall–Kier alpha value is -2.13. The van der Waals surface area contributed by atoms with Gasteiger partial charge >= 0.3 is 0 Å². The summed E-state index contributed by atoms with van der Waals surface area (Å²) in [5.41, 5.74) is 3.67. The van der Waals surface area contributed by atoms with Crippen molar-refractivity contribution in [1.29, 1.82) is 0 Å². The summed E-state index contributed by atoms with van der Waals surface area (Å²) in [5, 5.41) is 9.86. The second-order valence-corrected chi connectivity index (χ2v) is 6.59. The molecule has 120 valence electrons. The molecule has 0 saturated heterocycles. The fourth-order valence-corrected chi connectivity index (χ4v) is 3.22. The molecule has 0 aliphatic heterocycles. The van der Waals surface area contributed by atoms with Crippen molar-refractivity contribution in [1.82, 2.24) is 4.57 Å². The molecule has 0 spiro atoms. The third-order valence-corrected chi connectivity index (χ3v) is 4.28. The average Bonchev–Trinajstić information content (AvgIpc) is 2.92. The van der Waals surface area contributed by atoms with Crippen LogP contribution in [0.3, 0.4) is 0 Å². The first-order chi connectivity index (χ1) is 11.2. The Morgan fingerprint density at radius 1 is 1.00 bits per heavy atom. The van der Waals surface area contributed by atoms with Crippen molar-refractivity contribution in [2.45, 2.75) is 32.9 Å². The molecular formula is C20H25N2O+. The molecule has 0 fully saturated rings. The summed E-state index contributed by atoms with van der Waals surface area (Å²) < 4.78 is 4.51. The fraction of sp³-hybridized carbons (Fsp3) is 0.350. The van der Waals surface area contributed by atoms with Crippen LogP contribution in [0.1, 0.15) is 31.9 Å². The molecule has 1 atom stereocenters. The molecule has 0 bridgehead atoms. The van der Waals surface area contributed by atoms with Gasteiger partial charge in [0.2, 0.25) is 6.33 Å². The monoisotopic (exact) mass is 309 g/mol. The van der Waals surface area contributed by atoms with Crippen molar-refractivity contribution in [3.05, 3.63) is 66.5 Å². The first kappa shape index (κ1) is 15.8. The lowest BCUT2D eigenvalue weighted by Crippen LogP contribution is -2.33. The number of aliphatic hydroxyl groups excluding tert-OH is 1. The van der Waals surface area contributed by atoms with Crippen LogP contribution in [0.25, 0.3) is 11.0 Å². The van der Waals surface area contributed by atoms with Crippen molar-refractivity contribution in [2.75, 3.05) is 6.61 Å². The van der Waals surface area contributed by atoms with Crippen molar-refractivity contribution in [2.24, 2.45) is 5.92 Å². The minimum Gasteiger partial charge on any atom is -0.392 e. The van der Waals surface area contributed by atoms with Gasteiger partial charge in [0, 0.05) is 0 Å². The lowest BCUT2D eigenvalue weighted by Gasteiger charge is -2.13. The number of imidazole rings is 1. The van der Waals surface area contributed by atoms with E-state index in [1.54, 1.807) is 0 Å². The molecule has 23 heavy (non-hydrogen) atoms. The van der Waals surface area contributed by atoms with Crippen LogP contribution in [0.4, 0.5) is 0 Å². The van der Waals surface area contributed by atoms with Gasteiger partial charge in [-0.05, 0) is 30.0 Å². The Balaban J connectivity index is 2.02. The van der Waals surface area contributed by atoms with Crippen LogP contribution in [-0.4, -0.2) is 16.3 Å². The standard InChI is InChI=1S/C20H25N2O/c1-16(2)12-18(14-23)22-15-21(13-17-8-4-3-5-9-17)19-10-6-7-11-20(19)22/h3-11,15-16,18,23H,12-14H2,1-2H3/q+1/t18-/m1/s1. The van der Waals surface area contributed by atoms with Gasteiger partial charge < -0.3 is 5.11 Å². The van der Waals surface area contributed by atoms with E-state index in [1.807, 2.05) is 6.07 Å². The Morgan fingerprint density at radius 3 is 2.39 bits per heavy atom. The van der Waals surface area contributed by atoms with Gasteiger partial charge in [-0.1, -0.05) is 56.3 Å². The van der Waals surface area contributed by atoms with Gasteiger partial charge in [0.05, 0.1) is 6.61 Å². The largest absolute Gasteiger partial charge is 0.392 e. The summed E-state index contributed by atoms with van der Waals surface area (Å²) in [5.74, 6) is 0.552. The summed E-state index contributed by atoms with van der Waals surface area (Å²) in [7, 11) is 0. The van der Waals surface area contributed by atoms with Crippen LogP contribution in [0.2, 0.25) is 0 Å². The van der Waals surface area contributed by atoms with Crippen LogP contribution in [-0.2, 0) is 6.54 Å². The van der Waals surface area contributed by atoms with E-state index in [1.165, 1.54) is 16.6 Å². The molecule has 3 nitrogen and oxygen atoms in total. The van der Waals surface area contributed by atoms with Gasteiger partial charge in [0.1, 0.15) is 12.6 Å². The number of para-hydroxylation sites is 2. The van der Waals surface area contributed by atoms with Crippen molar-refractivity contribution in [3.63, 3.8) is 0 Å². The van der Waals surface area contributed by atoms with Crippen molar-refractivity contribution in [3.8, 4) is 0 Å². The van der Waals surface area contributed by atoms with Gasteiger partial charge in [-0.2, -0.15) is 0 Å². The van der Waals surface area contributed by atoms with Gasteiger partial charge in [0.25, 0.3) is 0 Å². The van der Waals surface area contributed by atoms with Gasteiger partial charge in [-0.15, -0.1) is 0 Å². The summed E-state index contributed by atoms with van der Waals surface area (Å²) in [4.78, 5) is 0. The van der Waals surface area contributed by atoms with Crippen LogP contribution in [0.15, 0.2) is 60.9 Å². The lowest BCUT2D eigenvalue weighted by molar-refractivity contribution is -0.663. The zero-order valence-electron chi connectivity index (χ0n) is 13.9. The summed E-state index contributed by atoms with van der Waals surface area (Å²) in [6, 6.07) is 19.0. The molecule has 0 amide bonds. The van der Waals surface area contributed by atoms with E-state index in [0.29, 0.717) is 5.92 Å². The van der Waals surface area contributed by atoms with Crippen LogP contribution in [0.5, 0.6) is 0 Å². The molecule has 1 aromatic heterocycles. The minimum absolute atomic E-state index is 0.122. The molecule has 0 unspecified atom stereocenters. The maximum Gasteiger partial charge on any atom is 0.245 e. The fourth-order valence-electron chi connectivity index (χ4n) is 3.22. The number of rotatable bonds is 6. The molecule has 0 aliphatic carbocycles. The molecule has 0 saturated carbocycles. The number of hydrogen-bond donors (Lipinski definition) is 1. The van der Waals surface area contributed by atoms with E-state index in [9.17, 15) is 5.11 Å². The molecule has 1 N–H and O–H groups in total. The molecule has 3 aromatic rings. The predicted octanol–water partition coefficient (Wildman–Crippen LogP) is 3.56. The molecule has 3 heteroatoms. The van der Waals surface area contributed by atoms with E-state index in [4.69, 9.17) is 0 Å². The quantitative estimate of drug-likeness (QED) is 0.693. The first-order valence-electron chi connectivity index (χ1n) is 8.33. The topological polar surface area (TPSA) is 29.0 Å². The average molecular weight is 309 g/mol. The highest BCUT2D eigenvalue weighted by Gasteiger charge is 2.23.